The molecule has 0 aromatic carbocycles. The third kappa shape index (κ3) is 58.0. The van der Waals surface area contributed by atoms with Crippen LogP contribution in [0.1, 0.15) is 341 Å². The van der Waals surface area contributed by atoms with Gasteiger partial charge >= 0.3 is 19.8 Å². The van der Waals surface area contributed by atoms with Gasteiger partial charge in [-0.2, -0.15) is 0 Å². The fourth-order valence-corrected chi connectivity index (χ4v) is 10.5. The third-order valence-electron chi connectivity index (χ3n) is 14.4. The molecule has 0 saturated carbocycles. The van der Waals surface area contributed by atoms with E-state index in [1.165, 1.54) is 276 Å². The Labute approximate surface area is 447 Å². The third-order valence-corrected chi connectivity index (χ3v) is 15.4. The number of esters is 2. The number of carbonyl (C=O) groups excluding carboxylic acids is 2. The summed E-state index contributed by atoms with van der Waals surface area (Å²) in [4.78, 5) is 35.2. The average molecular weight is 1040 g/mol. The Morgan fingerprint density at radius 2 is 0.681 bits per heavy atom. The Bertz CT molecular complexity index is 1190. The van der Waals surface area contributed by atoms with Crippen LogP contribution in [0.3, 0.4) is 0 Å². The predicted octanol–water partition coefficient (Wildman–Crippen LogP) is 20.0. The van der Waals surface area contributed by atoms with Crippen molar-refractivity contribution in [3.05, 3.63) is 12.2 Å². The summed E-state index contributed by atoms with van der Waals surface area (Å²) in [6, 6.07) is 0. The number of hydrogen-bond donors (Lipinski definition) is 2. The topological polar surface area (TPSA) is 134 Å². The number of phosphoric acid groups is 1. The molecule has 9 nitrogen and oxygen atoms in total. The van der Waals surface area contributed by atoms with Gasteiger partial charge in [0, 0.05) is 19.4 Å². The molecule has 2 atom stereocenters. The van der Waals surface area contributed by atoms with E-state index in [0.717, 1.165) is 32.1 Å². The summed E-state index contributed by atoms with van der Waals surface area (Å²) in [6.07, 6.45) is 68.6. The molecule has 0 aromatic heterocycles. The molecule has 0 amide bonds. The zero-order valence-corrected chi connectivity index (χ0v) is 48.8. The average Bonchev–Trinajstić information content (AvgIpc) is 3.37. The number of unbranched alkanes of at least 4 members (excludes halogenated alkanes) is 46. The molecule has 0 heterocycles. The summed E-state index contributed by atoms with van der Waals surface area (Å²) in [5.74, 6) is -0.806. The maximum atomic E-state index is 12.7. The van der Waals surface area contributed by atoms with Crippen LogP contribution in [0.4, 0.5) is 0 Å². The molecule has 72 heavy (non-hydrogen) atoms. The van der Waals surface area contributed by atoms with Crippen LogP contribution in [0, 0.1) is 0 Å². The summed E-state index contributed by atoms with van der Waals surface area (Å²) in [5, 5.41) is 0. The van der Waals surface area contributed by atoms with Gasteiger partial charge in [0.25, 0.3) is 0 Å². The number of ether oxygens (including phenoxy) is 2. The minimum absolute atomic E-state index is 0.0569. The Balaban J connectivity index is 3.86. The fourth-order valence-electron chi connectivity index (χ4n) is 9.69. The lowest BCUT2D eigenvalue weighted by Gasteiger charge is -2.19. The van der Waals surface area contributed by atoms with E-state index in [1.807, 2.05) is 0 Å². The van der Waals surface area contributed by atoms with Crippen LogP contribution < -0.4 is 5.73 Å². The van der Waals surface area contributed by atoms with Gasteiger partial charge in [0.1, 0.15) is 6.61 Å². The van der Waals surface area contributed by atoms with Gasteiger partial charge in [-0.1, -0.05) is 302 Å². The van der Waals surface area contributed by atoms with Gasteiger partial charge < -0.3 is 20.1 Å². The van der Waals surface area contributed by atoms with E-state index in [0.29, 0.717) is 6.42 Å². The molecule has 428 valence electrons. The van der Waals surface area contributed by atoms with Crippen molar-refractivity contribution in [2.24, 2.45) is 5.73 Å². The lowest BCUT2D eigenvalue weighted by Crippen LogP contribution is -2.29. The molecule has 2 unspecified atom stereocenters. The highest BCUT2D eigenvalue weighted by Gasteiger charge is 2.26. The van der Waals surface area contributed by atoms with Crippen LogP contribution in [0.25, 0.3) is 0 Å². The van der Waals surface area contributed by atoms with Crippen molar-refractivity contribution in [3.63, 3.8) is 0 Å². The quantitative estimate of drug-likeness (QED) is 0.0264. The minimum Gasteiger partial charge on any atom is -0.462 e. The first kappa shape index (κ1) is 70.8. The maximum absolute atomic E-state index is 12.7. The molecule has 0 spiro atoms. The van der Waals surface area contributed by atoms with Crippen LogP contribution in [-0.2, 0) is 32.7 Å². The summed E-state index contributed by atoms with van der Waals surface area (Å²) >= 11 is 0. The summed E-state index contributed by atoms with van der Waals surface area (Å²) in [7, 11) is -4.38. The number of allylic oxidation sites excluding steroid dienone is 2. The number of nitrogens with two attached hydrogens (primary N) is 1. The van der Waals surface area contributed by atoms with Gasteiger partial charge in [-0.05, 0) is 38.5 Å². The highest BCUT2D eigenvalue weighted by Crippen LogP contribution is 2.43. The Morgan fingerprint density at radius 3 is 0.986 bits per heavy atom. The van der Waals surface area contributed by atoms with Crippen molar-refractivity contribution in [2.45, 2.75) is 347 Å². The largest absolute Gasteiger partial charge is 0.472 e. The van der Waals surface area contributed by atoms with Gasteiger partial charge in [0.2, 0.25) is 0 Å². The fraction of sp³-hybridized carbons (Fsp3) is 0.935. The normalized spacial score (nSPS) is 13.0. The van der Waals surface area contributed by atoms with Crippen molar-refractivity contribution in [1.29, 1.82) is 0 Å². The van der Waals surface area contributed by atoms with Crippen LogP contribution in [0.5, 0.6) is 0 Å². The molecular weight excluding hydrogens is 918 g/mol. The van der Waals surface area contributed by atoms with E-state index >= 15 is 0 Å². The van der Waals surface area contributed by atoms with Gasteiger partial charge in [-0.25, -0.2) is 4.57 Å². The molecule has 0 rings (SSSR count). The number of phosphoric ester groups is 1. The van der Waals surface area contributed by atoms with Crippen molar-refractivity contribution in [3.8, 4) is 0 Å². The predicted molar refractivity (Wildman–Crippen MR) is 308 cm³/mol. The smallest absolute Gasteiger partial charge is 0.462 e. The zero-order valence-electron chi connectivity index (χ0n) is 48.0. The number of rotatable bonds is 61. The lowest BCUT2D eigenvalue weighted by atomic mass is 10.0. The van der Waals surface area contributed by atoms with E-state index in [1.54, 1.807) is 0 Å². The monoisotopic (exact) mass is 1040 g/mol. The first-order valence-electron chi connectivity index (χ1n) is 31.7. The van der Waals surface area contributed by atoms with Crippen molar-refractivity contribution >= 4 is 19.8 Å². The van der Waals surface area contributed by atoms with Crippen molar-refractivity contribution in [1.82, 2.24) is 0 Å². The number of hydrogen-bond acceptors (Lipinski definition) is 8. The molecule has 0 saturated heterocycles. The van der Waals surface area contributed by atoms with Crippen LogP contribution >= 0.6 is 7.82 Å². The summed E-state index contributed by atoms with van der Waals surface area (Å²) in [5.41, 5.74) is 5.39. The van der Waals surface area contributed by atoms with Gasteiger partial charge in [-0.15, -0.1) is 0 Å². The first-order chi connectivity index (χ1) is 35.3. The maximum Gasteiger partial charge on any atom is 0.472 e. The molecule has 0 aromatic rings. The molecule has 0 aliphatic heterocycles. The standard InChI is InChI=1S/C62H122NO8P/c1-3-5-7-9-11-13-15-17-19-21-23-25-27-28-29-30-31-33-34-36-38-40-42-44-46-48-50-52-54-61(64)68-58-60(59-70-72(66,67)69-57-56-63)71-62(65)55-53-51-49-47-45-43-41-39-37-35-32-26-24-22-20-18-16-14-12-10-8-6-4-2/h22,24,60H,3-21,23,25-59,63H2,1-2H3,(H,66,67)/b24-22-. The molecular formula is C62H122NO8P. The van der Waals surface area contributed by atoms with E-state index in [-0.39, 0.29) is 38.6 Å². The Morgan fingerprint density at radius 1 is 0.403 bits per heavy atom. The Hall–Kier alpha value is -1.25. The summed E-state index contributed by atoms with van der Waals surface area (Å²) in [6.45, 7) is 3.82. The SMILES string of the molecule is CCCCCCCCCC/C=C\CCCCCCCCCCCCCC(=O)OC(COC(=O)CCCCCCCCCCCCCCCCCCCCCCCCCCCCCC)COP(=O)(O)OCCN. The molecule has 10 heteroatoms. The molecule has 0 bridgehead atoms. The van der Waals surface area contributed by atoms with Crippen molar-refractivity contribution < 1.29 is 37.6 Å². The zero-order chi connectivity index (χ0) is 52.4. The molecule has 0 aliphatic rings. The van der Waals surface area contributed by atoms with Crippen LogP contribution in [0.15, 0.2) is 12.2 Å². The minimum atomic E-state index is -4.38. The molecule has 3 N–H and O–H groups in total. The highest BCUT2D eigenvalue weighted by atomic mass is 31.2. The molecule has 0 fully saturated rings. The second-order valence-electron chi connectivity index (χ2n) is 21.6. The van der Waals surface area contributed by atoms with Crippen molar-refractivity contribution in [2.75, 3.05) is 26.4 Å². The number of carbonyl (C=O) groups is 2. The van der Waals surface area contributed by atoms with Gasteiger partial charge in [0.15, 0.2) is 6.10 Å². The Kier molecular flexibility index (Phi) is 58.0. The van der Waals surface area contributed by atoms with Crippen LogP contribution in [-0.4, -0.2) is 49.3 Å². The van der Waals surface area contributed by atoms with Gasteiger partial charge in [0.05, 0.1) is 13.2 Å². The van der Waals surface area contributed by atoms with E-state index in [2.05, 4.69) is 26.0 Å². The second-order valence-corrected chi connectivity index (χ2v) is 23.1. The highest BCUT2D eigenvalue weighted by molar-refractivity contribution is 7.47. The molecule has 0 radical (unpaired) electrons. The summed E-state index contributed by atoms with van der Waals surface area (Å²) < 4.78 is 33.1. The molecule has 0 aliphatic carbocycles. The van der Waals surface area contributed by atoms with E-state index in [9.17, 15) is 19.0 Å². The second kappa shape index (κ2) is 59.0. The van der Waals surface area contributed by atoms with E-state index in [4.69, 9.17) is 24.3 Å². The lowest BCUT2D eigenvalue weighted by molar-refractivity contribution is -0.161. The van der Waals surface area contributed by atoms with Crippen LogP contribution in [0.2, 0.25) is 0 Å². The van der Waals surface area contributed by atoms with Gasteiger partial charge in [-0.3, -0.25) is 18.6 Å². The first-order valence-corrected chi connectivity index (χ1v) is 33.2. The van der Waals surface area contributed by atoms with E-state index < -0.39 is 26.5 Å².